The standard InChI is InChI=1S/C17H18N2O2/c1-13(14-6-4-3-5-7-14)12-18-19-17(20)15-8-10-16(21-2)11-9-15/h3-13H,1-2H3,(H,19,20)/b18-12-/t13-/m0/s1. The second kappa shape index (κ2) is 7.24. The number of benzene rings is 2. The summed E-state index contributed by atoms with van der Waals surface area (Å²) in [5.74, 6) is 0.615. The molecule has 0 bridgehead atoms. The summed E-state index contributed by atoms with van der Waals surface area (Å²) in [6.07, 6.45) is 1.72. The molecule has 2 aromatic rings. The van der Waals surface area contributed by atoms with Crippen LogP contribution >= 0.6 is 0 Å². The van der Waals surface area contributed by atoms with E-state index < -0.39 is 0 Å². The van der Waals surface area contributed by atoms with E-state index in [2.05, 4.69) is 10.5 Å². The van der Waals surface area contributed by atoms with Crippen molar-refractivity contribution < 1.29 is 9.53 Å². The van der Waals surface area contributed by atoms with Crippen molar-refractivity contribution in [3.63, 3.8) is 0 Å². The molecule has 4 nitrogen and oxygen atoms in total. The Labute approximate surface area is 124 Å². The SMILES string of the molecule is COc1ccc(C(=O)N/N=C\[C@H](C)c2ccccc2)cc1. The van der Waals surface area contributed by atoms with E-state index in [1.54, 1.807) is 37.6 Å². The summed E-state index contributed by atoms with van der Waals surface area (Å²) in [6.45, 7) is 2.03. The third kappa shape index (κ3) is 4.18. The van der Waals surface area contributed by atoms with E-state index in [1.165, 1.54) is 0 Å². The molecule has 0 spiro atoms. The summed E-state index contributed by atoms with van der Waals surface area (Å²) in [4.78, 5) is 11.9. The Morgan fingerprint density at radius 1 is 1.14 bits per heavy atom. The highest BCUT2D eigenvalue weighted by Crippen LogP contribution is 2.12. The molecule has 0 aliphatic carbocycles. The molecule has 0 radical (unpaired) electrons. The number of nitrogens with one attached hydrogen (secondary N) is 1. The van der Waals surface area contributed by atoms with Gasteiger partial charge in [-0.05, 0) is 29.8 Å². The van der Waals surface area contributed by atoms with Crippen molar-refractivity contribution >= 4 is 12.1 Å². The molecule has 0 saturated carbocycles. The van der Waals surface area contributed by atoms with Crippen LogP contribution in [0.1, 0.15) is 28.8 Å². The summed E-state index contributed by atoms with van der Waals surface area (Å²) in [6, 6.07) is 16.9. The molecule has 2 rings (SSSR count). The van der Waals surface area contributed by atoms with Crippen LogP contribution in [-0.2, 0) is 0 Å². The minimum Gasteiger partial charge on any atom is -0.497 e. The van der Waals surface area contributed by atoms with Gasteiger partial charge in [-0.1, -0.05) is 37.3 Å². The van der Waals surface area contributed by atoms with Crippen LogP contribution < -0.4 is 10.2 Å². The Balaban J connectivity index is 1.92. The maximum atomic E-state index is 11.9. The Kier molecular flexibility index (Phi) is 5.10. The van der Waals surface area contributed by atoms with Crippen molar-refractivity contribution in [3.8, 4) is 5.75 Å². The average molecular weight is 282 g/mol. The van der Waals surface area contributed by atoms with Crippen molar-refractivity contribution in [2.24, 2.45) is 5.10 Å². The minimum absolute atomic E-state index is 0.141. The molecule has 4 heteroatoms. The molecule has 1 atom stereocenters. The first kappa shape index (κ1) is 14.8. The molecule has 21 heavy (non-hydrogen) atoms. The maximum absolute atomic E-state index is 11.9. The van der Waals surface area contributed by atoms with Crippen LogP contribution in [-0.4, -0.2) is 19.2 Å². The summed E-state index contributed by atoms with van der Waals surface area (Å²) in [7, 11) is 1.59. The predicted octanol–water partition coefficient (Wildman–Crippen LogP) is 3.21. The monoisotopic (exact) mass is 282 g/mol. The van der Waals surface area contributed by atoms with E-state index in [0.717, 1.165) is 5.56 Å². The van der Waals surface area contributed by atoms with Gasteiger partial charge >= 0.3 is 0 Å². The fourth-order valence-corrected chi connectivity index (χ4v) is 1.86. The number of methoxy groups -OCH3 is 1. The number of carbonyl (C=O) groups excluding carboxylic acids is 1. The van der Waals surface area contributed by atoms with Crippen LogP contribution in [0, 0.1) is 0 Å². The zero-order chi connectivity index (χ0) is 15.1. The molecule has 1 amide bonds. The Hall–Kier alpha value is -2.62. The minimum atomic E-state index is -0.242. The van der Waals surface area contributed by atoms with Gasteiger partial charge in [-0.15, -0.1) is 0 Å². The molecule has 2 aromatic carbocycles. The van der Waals surface area contributed by atoms with Gasteiger partial charge in [-0.3, -0.25) is 4.79 Å². The number of hydrogen-bond acceptors (Lipinski definition) is 3. The number of nitrogens with zero attached hydrogens (tertiary/aromatic N) is 1. The average Bonchev–Trinajstić information content (AvgIpc) is 2.55. The highest BCUT2D eigenvalue weighted by atomic mass is 16.5. The van der Waals surface area contributed by atoms with Gasteiger partial charge in [0.2, 0.25) is 0 Å². The zero-order valence-corrected chi connectivity index (χ0v) is 12.1. The lowest BCUT2D eigenvalue weighted by Crippen LogP contribution is -2.18. The topological polar surface area (TPSA) is 50.7 Å². The number of hydrogen-bond donors (Lipinski definition) is 1. The number of amides is 1. The first-order valence-electron chi connectivity index (χ1n) is 6.73. The van der Waals surface area contributed by atoms with Crippen LogP contribution in [0.25, 0.3) is 0 Å². The van der Waals surface area contributed by atoms with Crippen LogP contribution in [0.3, 0.4) is 0 Å². The summed E-state index contributed by atoms with van der Waals surface area (Å²) in [5.41, 5.74) is 4.22. The molecule has 0 aliphatic rings. The molecule has 108 valence electrons. The smallest absolute Gasteiger partial charge is 0.271 e. The summed E-state index contributed by atoms with van der Waals surface area (Å²) < 4.78 is 5.05. The van der Waals surface area contributed by atoms with Crippen LogP contribution in [0.4, 0.5) is 0 Å². The van der Waals surface area contributed by atoms with Gasteiger partial charge in [0.1, 0.15) is 5.75 Å². The molecule has 1 N–H and O–H groups in total. The molecule has 0 fully saturated rings. The number of ether oxygens (including phenoxy) is 1. The molecule has 0 unspecified atom stereocenters. The quantitative estimate of drug-likeness (QED) is 0.676. The van der Waals surface area contributed by atoms with Crippen molar-refractivity contribution in [2.75, 3.05) is 7.11 Å². The second-order valence-electron chi connectivity index (χ2n) is 4.65. The van der Waals surface area contributed by atoms with Crippen molar-refractivity contribution in [1.82, 2.24) is 5.43 Å². The van der Waals surface area contributed by atoms with Crippen molar-refractivity contribution in [3.05, 3.63) is 65.7 Å². The fraction of sp³-hybridized carbons (Fsp3) is 0.176. The lowest BCUT2D eigenvalue weighted by atomic mass is 10.0. The Morgan fingerprint density at radius 3 is 2.43 bits per heavy atom. The first-order chi connectivity index (χ1) is 10.2. The largest absolute Gasteiger partial charge is 0.497 e. The third-order valence-corrected chi connectivity index (χ3v) is 3.14. The van der Waals surface area contributed by atoms with E-state index in [-0.39, 0.29) is 11.8 Å². The first-order valence-corrected chi connectivity index (χ1v) is 6.73. The lowest BCUT2D eigenvalue weighted by molar-refractivity contribution is 0.0955. The van der Waals surface area contributed by atoms with Gasteiger partial charge in [-0.25, -0.2) is 5.43 Å². The highest BCUT2D eigenvalue weighted by Gasteiger charge is 2.05. The molecule has 0 heterocycles. The highest BCUT2D eigenvalue weighted by molar-refractivity contribution is 5.94. The van der Waals surface area contributed by atoms with Crippen molar-refractivity contribution in [2.45, 2.75) is 12.8 Å². The van der Waals surface area contributed by atoms with Gasteiger partial charge < -0.3 is 4.74 Å². The van der Waals surface area contributed by atoms with Gasteiger partial charge in [0.25, 0.3) is 5.91 Å². The van der Waals surface area contributed by atoms with E-state index in [0.29, 0.717) is 11.3 Å². The summed E-state index contributed by atoms with van der Waals surface area (Å²) in [5, 5.41) is 4.01. The molecule has 0 saturated heterocycles. The van der Waals surface area contributed by atoms with E-state index in [1.807, 2.05) is 37.3 Å². The molecule has 0 aliphatic heterocycles. The molecular weight excluding hydrogens is 264 g/mol. The van der Waals surface area contributed by atoms with Crippen molar-refractivity contribution in [1.29, 1.82) is 0 Å². The lowest BCUT2D eigenvalue weighted by Gasteiger charge is -2.05. The van der Waals surface area contributed by atoms with Crippen LogP contribution in [0.5, 0.6) is 5.75 Å². The second-order valence-corrected chi connectivity index (χ2v) is 4.65. The van der Waals surface area contributed by atoms with Crippen LogP contribution in [0.2, 0.25) is 0 Å². The summed E-state index contributed by atoms with van der Waals surface area (Å²) >= 11 is 0. The Morgan fingerprint density at radius 2 is 1.81 bits per heavy atom. The van der Waals surface area contributed by atoms with Crippen LogP contribution in [0.15, 0.2) is 59.7 Å². The fourth-order valence-electron chi connectivity index (χ4n) is 1.86. The normalized spacial score (nSPS) is 12.1. The van der Waals surface area contributed by atoms with E-state index in [4.69, 9.17) is 4.74 Å². The third-order valence-electron chi connectivity index (χ3n) is 3.14. The van der Waals surface area contributed by atoms with E-state index >= 15 is 0 Å². The number of rotatable bonds is 5. The van der Waals surface area contributed by atoms with Gasteiger partial charge in [-0.2, -0.15) is 5.10 Å². The van der Waals surface area contributed by atoms with Gasteiger partial charge in [0.05, 0.1) is 7.11 Å². The Bertz CT molecular complexity index is 606. The van der Waals surface area contributed by atoms with E-state index in [9.17, 15) is 4.79 Å². The maximum Gasteiger partial charge on any atom is 0.271 e. The van der Waals surface area contributed by atoms with Gasteiger partial charge in [0, 0.05) is 17.7 Å². The molecule has 0 aromatic heterocycles. The number of hydrazone groups is 1. The molecular formula is C17H18N2O2. The predicted molar refractivity (Wildman–Crippen MR) is 83.8 cm³/mol. The van der Waals surface area contributed by atoms with Gasteiger partial charge in [0.15, 0.2) is 0 Å². The number of carbonyl (C=O) groups is 1. The zero-order valence-electron chi connectivity index (χ0n) is 12.1.